The monoisotopic (exact) mass is 177 g/mol. The van der Waals surface area contributed by atoms with Crippen molar-refractivity contribution in [1.29, 1.82) is 0 Å². The van der Waals surface area contributed by atoms with Crippen molar-refractivity contribution in [2.75, 3.05) is 7.11 Å². The fourth-order valence-corrected chi connectivity index (χ4v) is 2.37. The molecule has 1 rings (SSSR count). The average molecular weight is 177 g/mol. The molecular formula is C6H11NOS2. The van der Waals surface area contributed by atoms with E-state index in [1.807, 2.05) is 0 Å². The Morgan fingerprint density at radius 3 is 3.00 bits per heavy atom. The lowest BCUT2D eigenvalue weighted by Crippen LogP contribution is -2.40. The maximum Gasteiger partial charge on any atom is 0.136 e. The second kappa shape index (κ2) is 3.55. The molecule has 0 aromatic heterocycles. The minimum Gasteiger partial charge on any atom is -0.362 e. The maximum absolute atomic E-state index is 5.12. The van der Waals surface area contributed by atoms with Gasteiger partial charge in [0, 0.05) is 18.8 Å². The molecule has 0 radical (unpaired) electrons. The SMILES string of the molecule is COC1CC(C)SC(=S)N1. The molecule has 0 bridgehead atoms. The van der Waals surface area contributed by atoms with Crippen molar-refractivity contribution in [3.63, 3.8) is 0 Å². The predicted octanol–water partition coefficient (Wildman–Crippen LogP) is 1.36. The molecule has 0 aromatic rings. The van der Waals surface area contributed by atoms with Gasteiger partial charge in [-0.1, -0.05) is 30.9 Å². The summed E-state index contributed by atoms with van der Waals surface area (Å²) in [6, 6.07) is 0. The zero-order valence-corrected chi connectivity index (χ0v) is 7.72. The van der Waals surface area contributed by atoms with Crippen molar-refractivity contribution < 1.29 is 4.74 Å². The molecule has 1 heterocycles. The summed E-state index contributed by atoms with van der Waals surface area (Å²) >= 11 is 6.70. The quantitative estimate of drug-likeness (QED) is 0.610. The van der Waals surface area contributed by atoms with Crippen LogP contribution in [0.2, 0.25) is 0 Å². The Bertz CT molecular complexity index is 140. The van der Waals surface area contributed by atoms with Crippen LogP contribution in [0.25, 0.3) is 0 Å². The summed E-state index contributed by atoms with van der Waals surface area (Å²) < 4.78 is 5.97. The van der Waals surface area contributed by atoms with Crippen LogP contribution in [-0.4, -0.2) is 22.9 Å². The lowest BCUT2D eigenvalue weighted by Gasteiger charge is -2.27. The van der Waals surface area contributed by atoms with Gasteiger partial charge < -0.3 is 10.1 Å². The molecule has 58 valence electrons. The van der Waals surface area contributed by atoms with Gasteiger partial charge >= 0.3 is 0 Å². The van der Waals surface area contributed by atoms with Gasteiger partial charge in [-0.05, 0) is 0 Å². The van der Waals surface area contributed by atoms with Crippen LogP contribution in [0, 0.1) is 0 Å². The highest BCUT2D eigenvalue weighted by atomic mass is 32.2. The van der Waals surface area contributed by atoms with Gasteiger partial charge in [0.15, 0.2) is 0 Å². The number of nitrogens with one attached hydrogen (secondary N) is 1. The maximum atomic E-state index is 5.12. The summed E-state index contributed by atoms with van der Waals surface area (Å²) in [7, 11) is 1.70. The van der Waals surface area contributed by atoms with Crippen molar-refractivity contribution in [3.05, 3.63) is 0 Å². The first kappa shape index (κ1) is 8.30. The molecular weight excluding hydrogens is 166 g/mol. The first-order chi connectivity index (χ1) is 4.72. The summed E-state index contributed by atoms with van der Waals surface area (Å²) in [4.78, 5) is 0. The van der Waals surface area contributed by atoms with Crippen molar-refractivity contribution >= 4 is 28.3 Å². The molecule has 2 unspecified atom stereocenters. The van der Waals surface area contributed by atoms with Gasteiger partial charge in [0.2, 0.25) is 0 Å². The van der Waals surface area contributed by atoms with E-state index in [4.69, 9.17) is 17.0 Å². The number of methoxy groups -OCH3 is 1. The van der Waals surface area contributed by atoms with Crippen LogP contribution >= 0.6 is 24.0 Å². The van der Waals surface area contributed by atoms with Gasteiger partial charge in [0.05, 0.1) is 0 Å². The van der Waals surface area contributed by atoms with Gasteiger partial charge in [-0.3, -0.25) is 0 Å². The van der Waals surface area contributed by atoms with Gasteiger partial charge in [0.1, 0.15) is 10.5 Å². The normalized spacial score (nSPS) is 33.6. The predicted molar refractivity (Wildman–Crippen MR) is 48.2 cm³/mol. The molecule has 1 saturated heterocycles. The van der Waals surface area contributed by atoms with Crippen LogP contribution in [0.4, 0.5) is 0 Å². The molecule has 1 N–H and O–H groups in total. The minimum absolute atomic E-state index is 0.128. The van der Waals surface area contributed by atoms with E-state index >= 15 is 0 Å². The number of thiocarbonyl (C=S) groups is 1. The fraction of sp³-hybridized carbons (Fsp3) is 0.833. The highest BCUT2D eigenvalue weighted by Crippen LogP contribution is 2.22. The third-order valence-corrected chi connectivity index (χ3v) is 2.75. The molecule has 0 saturated carbocycles. The van der Waals surface area contributed by atoms with E-state index in [-0.39, 0.29) is 6.23 Å². The van der Waals surface area contributed by atoms with E-state index < -0.39 is 0 Å². The highest BCUT2D eigenvalue weighted by Gasteiger charge is 2.20. The van der Waals surface area contributed by atoms with Crippen molar-refractivity contribution in [1.82, 2.24) is 5.32 Å². The first-order valence-corrected chi connectivity index (χ1v) is 4.51. The molecule has 4 heteroatoms. The number of hydrogen-bond acceptors (Lipinski definition) is 3. The second-order valence-corrected chi connectivity index (χ2v) is 4.44. The molecule has 0 aliphatic carbocycles. The Hall–Kier alpha value is 0.200. The second-order valence-electron chi connectivity index (χ2n) is 2.32. The Kier molecular flexibility index (Phi) is 2.95. The van der Waals surface area contributed by atoms with Crippen molar-refractivity contribution in [2.45, 2.75) is 24.8 Å². The Balaban J connectivity index is 2.42. The van der Waals surface area contributed by atoms with Gasteiger partial charge in [-0.25, -0.2) is 0 Å². The Morgan fingerprint density at radius 2 is 2.50 bits per heavy atom. The largest absolute Gasteiger partial charge is 0.362 e. The van der Waals surface area contributed by atoms with Crippen molar-refractivity contribution in [2.24, 2.45) is 0 Å². The average Bonchev–Trinajstić information content (AvgIpc) is 1.85. The van der Waals surface area contributed by atoms with Crippen LogP contribution < -0.4 is 5.32 Å². The third kappa shape index (κ3) is 2.11. The topological polar surface area (TPSA) is 21.3 Å². The number of ether oxygens (including phenoxy) is 1. The van der Waals surface area contributed by atoms with E-state index in [9.17, 15) is 0 Å². The molecule has 0 aromatic carbocycles. The summed E-state index contributed by atoms with van der Waals surface area (Å²) in [6.45, 7) is 2.16. The van der Waals surface area contributed by atoms with E-state index in [2.05, 4.69) is 12.2 Å². The van der Waals surface area contributed by atoms with Gasteiger partial charge in [-0.15, -0.1) is 0 Å². The summed E-state index contributed by atoms with van der Waals surface area (Å²) in [5, 5.41) is 3.65. The summed E-state index contributed by atoms with van der Waals surface area (Å²) in [6.07, 6.45) is 1.16. The van der Waals surface area contributed by atoms with Crippen LogP contribution in [0.15, 0.2) is 0 Å². The summed E-state index contributed by atoms with van der Waals surface area (Å²) in [5.74, 6) is 0. The Morgan fingerprint density at radius 1 is 1.80 bits per heavy atom. The number of hydrogen-bond donors (Lipinski definition) is 1. The molecule has 0 amide bonds. The molecule has 10 heavy (non-hydrogen) atoms. The van der Waals surface area contributed by atoms with Crippen LogP contribution in [0.1, 0.15) is 13.3 Å². The first-order valence-electron chi connectivity index (χ1n) is 3.22. The van der Waals surface area contributed by atoms with Gasteiger partial charge in [-0.2, -0.15) is 0 Å². The Labute approximate surface area is 70.7 Å². The van der Waals surface area contributed by atoms with E-state index in [1.54, 1.807) is 18.9 Å². The van der Waals surface area contributed by atoms with Crippen LogP contribution in [0.5, 0.6) is 0 Å². The van der Waals surface area contributed by atoms with Crippen LogP contribution in [-0.2, 0) is 4.74 Å². The number of rotatable bonds is 1. The van der Waals surface area contributed by atoms with E-state index in [0.29, 0.717) is 5.25 Å². The zero-order valence-electron chi connectivity index (χ0n) is 6.09. The molecule has 1 aliphatic rings. The van der Waals surface area contributed by atoms with Gasteiger partial charge in [0.25, 0.3) is 0 Å². The smallest absolute Gasteiger partial charge is 0.136 e. The summed E-state index contributed by atoms with van der Waals surface area (Å²) in [5.41, 5.74) is 0. The molecule has 0 spiro atoms. The fourth-order valence-electron chi connectivity index (χ4n) is 0.912. The molecule has 1 fully saturated rings. The van der Waals surface area contributed by atoms with Crippen molar-refractivity contribution in [3.8, 4) is 0 Å². The third-order valence-electron chi connectivity index (χ3n) is 1.42. The standard InChI is InChI=1S/C6H11NOS2/c1-4-3-5(8-2)7-6(9)10-4/h4-5H,3H2,1-2H3,(H,7,9). The molecule has 1 aliphatic heterocycles. The molecule has 2 nitrogen and oxygen atoms in total. The zero-order chi connectivity index (χ0) is 7.56. The lowest BCUT2D eigenvalue weighted by molar-refractivity contribution is 0.0838. The van der Waals surface area contributed by atoms with E-state index in [1.165, 1.54) is 0 Å². The van der Waals surface area contributed by atoms with Crippen LogP contribution in [0.3, 0.4) is 0 Å². The highest BCUT2D eigenvalue weighted by molar-refractivity contribution is 8.23. The molecule has 2 atom stereocenters. The van der Waals surface area contributed by atoms with E-state index in [0.717, 1.165) is 10.7 Å². The lowest BCUT2D eigenvalue weighted by atomic mass is 10.3. The number of thioether (sulfide) groups is 1. The minimum atomic E-state index is 0.128.